The summed E-state index contributed by atoms with van der Waals surface area (Å²) >= 11 is 2.14. The fraction of sp³-hybridized carbons (Fsp3) is 0.167. The minimum absolute atomic E-state index is 0.0779. The molecule has 0 aliphatic heterocycles. The van der Waals surface area contributed by atoms with E-state index in [1.807, 2.05) is 6.07 Å². The fourth-order valence-electron chi connectivity index (χ4n) is 1.51. The molecular formula is C12H9IO4. The van der Waals surface area contributed by atoms with Crippen molar-refractivity contribution in [1.29, 1.82) is 0 Å². The largest absolute Gasteiger partial charge is 0.467 e. The van der Waals surface area contributed by atoms with Gasteiger partial charge < -0.3 is 9.15 Å². The van der Waals surface area contributed by atoms with Crippen molar-refractivity contribution in [3.8, 4) is 0 Å². The van der Waals surface area contributed by atoms with Crippen LogP contribution in [-0.2, 0) is 16.0 Å². The average molecular weight is 344 g/mol. The fourth-order valence-corrected chi connectivity index (χ4v) is 2.00. The van der Waals surface area contributed by atoms with Gasteiger partial charge in [-0.15, -0.1) is 0 Å². The zero-order valence-corrected chi connectivity index (χ0v) is 11.0. The van der Waals surface area contributed by atoms with Gasteiger partial charge in [-0.25, -0.2) is 0 Å². The minimum atomic E-state index is -0.0779. The van der Waals surface area contributed by atoms with Crippen molar-refractivity contribution in [3.63, 3.8) is 0 Å². The Bertz CT molecular complexity index is 603. The SMILES string of the molecule is O=COCCc1cc(=O)c2cc(I)ccc2o1. The van der Waals surface area contributed by atoms with E-state index in [2.05, 4.69) is 27.3 Å². The first-order valence-corrected chi connectivity index (χ1v) is 6.06. The van der Waals surface area contributed by atoms with Gasteiger partial charge in [-0.2, -0.15) is 0 Å². The Morgan fingerprint density at radius 1 is 1.35 bits per heavy atom. The van der Waals surface area contributed by atoms with Crippen molar-refractivity contribution in [2.24, 2.45) is 0 Å². The van der Waals surface area contributed by atoms with E-state index < -0.39 is 0 Å². The number of halogens is 1. The summed E-state index contributed by atoms with van der Waals surface area (Å²) in [6.07, 6.45) is 0.399. The number of fused-ring (bicyclic) bond motifs is 1. The molecule has 1 heterocycles. The number of hydrogen-bond donors (Lipinski definition) is 0. The summed E-state index contributed by atoms with van der Waals surface area (Å²) in [5.41, 5.74) is 0.477. The number of carbonyl (C=O) groups excluding carboxylic acids is 1. The second-order valence-electron chi connectivity index (χ2n) is 3.43. The first kappa shape index (κ1) is 12.1. The Kier molecular flexibility index (Phi) is 3.78. The van der Waals surface area contributed by atoms with E-state index in [1.165, 1.54) is 6.07 Å². The summed E-state index contributed by atoms with van der Waals surface area (Å²) in [7, 11) is 0. The predicted molar refractivity (Wildman–Crippen MR) is 70.9 cm³/mol. The highest BCUT2D eigenvalue weighted by molar-refractivity contribution is 14.1. The maximum atomic E-state index is 11.8. The van der Waals surface area contributed by atoms with E-state index in [1.54, 1.807) is 12.1 Å². The van der Waals surface area contributed by atoms with Crippen LogP contribution in [0.3, 0.4) is 0 Å². The van der Waals surface area contributed by atoms with Gasteiger partial charge in [-0.05, 0) is 40.8 Å². The molecule has 0 aliphatic rings. The minimum Gasteiger partial charge on any atom is -0.467 e. The van der Waals surface area contributed by atoms with E-state index in [9.17, 15) is 9.59 Å². The molecule has 2 aromatic rings. The van der Waals surface area contributed by atoms with Crippen LogP contribution in [0, 0.1) is 3.57 Å². The molecule has 17 heavy (non-hydrogen) atoms. The molecule has 88 valence electrons. The molecule has 5 heteroatoms. The van der Waals surface area contributed by atoms with E-state index in [-0.39, 0.29) is 12.0 Å². The van der Waals surface area contributed by atoms with Gasteiger partial charge in [0.25, 0.3) is 6.47 Å². The summed E-state index contributed by atoms with van der Waals surface area (Å²) in [6, 6.07) is 6.86. The highest BCUT2D eigenvalue weighted by atomic mass is 127. The van der Waals surface area contributed by atoms with Gasteiger partial charge in [0.1, 0.15) is 11.3 Å². The third-order valence-electron chi connectivity index (χ3n) is 2.27. The van der Waals surface area contributed by atoms with Crippen LogP contribution in [0.4, 0.5) is 0 Å². The highest BCUT2D eigenvalue weighted by Crippen LogP contribution is 2.15. The van der Waals surface area contributed by atoms with E-state index >= 15 is 0 Å². The first-order valence-electron chi connectivity index (χ1n) is 4.98. The van der Waals surface area contributed by atoms with Gasteiger partial charge in [0.2, 0.25) is 0 Å². The van der Waals surface area contributed by atoms with Crippen LogP contribution >= 0.6 is 22.6 Å². The molecule has 1 aromatic carbocycles. The lowest BCUT2D eigenvalue weighted by atomic mass is 10.2. The van der Waals surface area contributed by atoms with Crippen LogP contribution in [0.5, 0.6) is 0 Å². The van der Waals surface area contributed by atoms with Crippen LogP contribution < -0.4 is 5.43 Å². The van der Waals surface area contributed by atoms with Gasteiger partial charge in [0, 0.05) is 16.1 Å². The van der Waals surface area contributed by atoms with E-state index in [0.29, 0.717) is 29.6 Å². The van der Waals surface area contributed by atoms with Crippen LogP contribution in [0.25, 0.3) is 11.0 Å². The van der Waals surface area contributed by atoms with Crippen molar-refractivity contribution >= 4 is 40.0 Å². The summed E-state index contributed by atoms with van der Waals surface area (Å²) in [4.78, 5) is 21.8. The lowest BCUT2D eigenvalue weighted by Crippen LogP contribution is -2.04. The molecule has 0 bridgehead atoms. The van der Waals surface area contributed by atoms with Crippen LogP contribution in [0.15, 0.2) is 33.5 Å². The second-order valence-corrected chi connectivity index (χ2v) is 4.68. The quantitative estimate of drug-likeness (QED) is 0.484. The van der Waals surface area contributed by atoms with Crippen molar-refractivity contribution in [3.05, 3.63) is 43.8 Å². The molecule has 0 fully saturated rings. The number of ether oxygens (including phenoxy) is 1. The van der Waals surface area contributed by atoms with Gasteiger partial charge in [-0.1, -0.05) is 0 Å². The maximum absolute atomic E-state index is 11.8. The van der Waals surface area contributed by atoms with E-state index in [4.69, 9.17) is 4.42 Å². The normalized spacial score (nSPS) is 10.4. The van der Waals surface area contributed by atoms with Crippen LogP contribution in [0.1, 0.15) is 5.76 Å². The summed E-state index contributed by atoms with van der Waals surface area (Å²) in [5.74, 6) is 0.519. The average Bonchev–Trinajstić information content (AvgIpc) is 2.31. The van der Waals surface area contributed by atoms with Gasteiger partial charge in [-0.3, -0.25) is 9.59 Å². The number of benzene rings is 1. The smallest absolute Gasteiger partial charge is 0.293 e. The van der Waals surface area contributed by atoms with Crippen molar-refractivity contribution in [1.82, 2.24) is 0 Å². The molecule has 0 saturated heterocycles. The van der Waals surface area contributed by atoms with E-state index in [0.717, 1.165) is 3.57 Å². The van der Waals surface area contributed by atoms with Crippen LogP contribution in [-0.4, -0.2) is 13.1 Å². The molecule has 0 unspecified atom stereocenters. The first-order chi connectivity index (χ1) is 8.20. The molecule has 0 radical (unpaired) electrons. The Morgan fingerprint density at radius 3 is 2.94 bits per heavy atom. The van der Waals surface area contributed by atoms with Crippen molar-refractivity contribution < 1.29 is 13.9 Å². The lowest BCUT2D eigenvalue weighted by molar-refractivity contribution is -0.128. The number of rotatable bonds is 4. The zero-order valence-electron chi connectivity index (χ0n) is 8.81. The number of hydrogen-bond acceptors (Lipinski definition) is 4. The molecule has 0 aliphatic carbocycles. The van der Waals surface area contributed by atoms with Crippen molar-refractivity contribution in [2.75, 3.05) is 6.61 Å². The molecule has 0 spiro atoms. The molecule has 0 amide bonds. The molecule has 1 aromatic heterocycles. The standard InChI is InChI=1S/C12H9IO4/c13-8-1-2-12-10(5-8)11(15)6-9(17-12)3-4-16-7-14/h1-2,5-7H,3-4H2. The van der Waals surface area contributed by atoms with Crippen LogP contribution in [0.2, 0.25) is 0 Å². The Morgan fingerprint density at radius 2 is 2.18 bits per heavy atom. The second kappa shape index (κ2) is 5.31. The number of carbonyl (C=O) groups is 1. The molecule has 0 saturated carbocycles. The molecule has 2 rings (SSSR count). The summed E-state index contributed by atoms with van der Waals surface area (Å²) in [5, 5.41) is 0.567. The third-order valence-corrected chi connectivity index (χ3v) is 2.95. The predicted octanol–water partition coefficient (Wildman–Crippen LogP) is 2.11. The molecule has 4 nitrogen and oxygen atoms in total. The van der Waals surface area contributed by atoms with Gasteiger partial charge in [0.05, 0.1) is 12.0 Å². The Balaban J connectivity index is 2.38. The lowest BCUT2D eigenvalue weighted by Gasteiger charge is -2.02. The Hall–Kier alpha value is -1.37. The molecule has 0 atom stereocenters. The highest BCUT2D eigenvalue weighted by Gasteiger charge is 2.05. The van der Waals surface area contributed by atoms with Gasteiger partial charge in [0.15, 0.2) is 5.43 Å². The summed E-state index contributed by atoms with van der Waals surface area (Å²) in [6.45, 7) is 0.587. The third kappa shape index (κ3) is 2.85. The molecule has 0 N–H and O–H groups in total. The Labute approximate surface area is 111 Å². The monoisotopic (exact) mass is 344 g/mol. The summed E-state index contributed by atoms with van der Waals surface area (Å²) < 4.78 is 11.1. The zero-order chi connectivity index (χ0) is 12.3. The van der Waals surface area contributed by atoms with Gasteiger partial charge >= 0.3 is 0 Å². The maximum Gasteiger partial charge on any atom is 0.293 e. The molecular weight excluding hydrogens is 335 g/mol. The van der Waals surface area contributed by atoms with Crippen molar-refractivity contribution in [2.45, 2.75) is 6.42 Å². The topological polar surface area (TPSA) is 56.5 Å².